The van der Waals surface area contributed by atoms with Crippen molar-refractivity contribution < 1.29 is 22.3 Å². The van der Waals surface area contributed by atoms with Crippen molar-refractivity contribution in [3.8, 4) is 0 Å². The average Bonchev–Trinajstić information content (AvgIpc) is 3.13. The molecule has 2 aliphatic heterocycles. The molecule has 0 N–H and O–H groups in total. The summed E-state index contributed by atoms with van der Waals surface area (Å²) in [6.07, 6.45) is 6.28. The molecule has 1 aromatic rings. The highest BCUT2D eigenvalue weighted by molar-refractivity contribution is 7.89. The summed E-state index contributed by atoms with van der Waals surface area (Å²) >= 11 is 0. The van der Waals surface area contributed by atoms with E-state index in [4.69, 9.17) is 4.74 Å². The number of hydrogen-bond donors (Lipinski definition) is 0. The topological polar surface area (TPSA) is 66.9 Å². The van der Waals surface area contributed by atoms with Crippen LogP contribution >= 0.6 is 0 Å². The summed E-state index contributed by atoms with van der Waals surface area (Å²) in [5, 5.41) is 0. The first-order valence-electron chi connectivity index (χ1n) is 10.1. The van der Waals surface area contributed by atoms with Crippen LogP contribution in [0.15, 0.2) is 29.2 Å². The molecule has 2 saturated heterocycles. The van der Waals surface area contributed by atoms with Gasteiger partial charge in [0.25, 0.3) is 0 Å². The van der Waals surface area contributed by atoms with E-state index >= 15 is 0 Å². The lowest BCUT2D eigenvalue weighted by Crippen LogP contribution is -2.56. The molecular weight excluding hydrogens is 383 g/mol. The Morgan fingerprint density at radius 2 is 1.68 bits per heavy atom. The molecule has 1 aliphatic carbocycles. The van der Waals surface area contributed by atoms with Gasteiger partial charge in [-0.3, -0.25) is 4.79 Å². The van der Waals surface area contributed by atoms with Crippen LogP contribution in [-0.2, 0) is 19.6 Å². The lowest BCUT2D eigenvalue weighted by Gasteiger charge is -2.43. The SMILES string of the molecule is O=C(C1CCCCC1)N1CCC2(CC1)OCCN2S(=O)(=O)c1ccc(F)cc1. The van der Waals surface area contributed by atoms with E-state index in [1.54, 1.807) is 0 Å². The number of carbonyl (C=O) groups excluding carboxylic acids is 1. The maximum Gasteiger partial charge on any atom is 0.245 e. The molecule has 8 heteroatoms. The van der Waals surface area contributed by atoms with Crippen LogP contribution in [0.1, 0.15) is 44.9 Å². The van der Waals surface area contributed by atoms with Crippen molar-refractivity contribution in [2.75, 3.05) is 26.2 Å². The molecule has 154 valence electrons. The Balaban J connectivity index is 1.48. The number of rotatable bonds is 3. The summed E-state index contributed by atoms with van der Waals surface area (Å²) in [5.74, 6) is -0.146. The van der Waals surface area contributed by atoms with Gasteiger partial charge < -0.3 is 9.64 Å². The zero-order valence-electron chi connectivity index (χ0n) is 16.0. The van der Waals surface area contributed by atoms with E-state index in [0.717, 1.165) is 37.8 Å². The van der Waals surface area contributed by atoms with Gasteiger partial charge in [0.15, 0.2) is 0 Å². The number of nitrogens with zero attached hydrogens (tertiary/aromatic N) is 2. The van der Waals surface area contributed by atoms with Crippen molar-refractivity contribution in [2.45, 2.75) is 55.6 Å². The fourth-order valence-corrected chi connectivity index (χ4v) is 6.47. The van der Waals surface area contributed by atoms with Crippen LogP contribution in [0.4, 0.5) is 4.39 Å². The Morgan fingerprint density at radius 1 is 1.04 bits per heavy atom. The summed E-state index contributed by atoms with van der Waals surface area (Å²) in [7, 11) is -3.78. The molecule has 1 aromatic carbocycles. The third-order valence-electron chi connectivity index (χ3n) is 6.33. The second-order valence-electron chi connectivity index (χ2n) is 7.99. The van der Waals surface area contributed by atoms with Crippen LogP contribution < -0.4 is 0 Å². The number of likely N-dealkylation sites (tertiary alicyclic amines) is 1. The summed E-state index contributed by atoms with van der Waals surface area (Å²) in [6, 6.07) is 4.89. The molecule has 1 spiro atoms. The van der Waals surface area contributed by atoms with E-state index in [0.29, 0.717) is 32.5 Å². The molecule has 6 nitrogen and oxygen atoms in total. The van der Waals surface area contributed by atoms with Gasteiger partial charge in [-0.05, 0) is 37.1 Å². The number of benzene rings is 1. The molecule has 28 heavy (non-hydrogen) atoms. The highest BCUT2D eigenvalue weighted by Gasteiger charge is 2.51. The van der Waals surface area contributed by atoms with Gasteiger partial charge in [-0.2, -0.15) is 4.31 Å². The van der Waals surface area contributed by atoms with Crippen molar-refractivity contribution in [2.24, 2.45) is 5.92 Å². The van der Waals surface area contributed by atoms with E-state index in [1.165, 1.54) is 22.9 Å². The molecule has 1 amide bonds. The highest BCUT2D eigenvalue weighted by Crippen LogP contribution is 2.39. The summed E-state index contributed by atoms with van der Waals surface area (Å²) in [4.78, 5) is 14.8. The Hall–Kier alpha value is -1.51. The van der Waals surface area contributed by atoms with Crippen LogP contribution in [0.25, 0.3) is 0 Å². The zero-order chi connectivity index (χ0) is 19.8. The largest absolute Gasteiger partial charge is 0.358 e. The molecule has 0 radical (unpaired) electrons. The fourth-order valence-electron chi connectivity index (χ4n) is 4.75. The van der Waals surface area contributed by atoms with E-state index in [1.807, 2.05) is 4.90 Å². The molecule has 0 unspecified atom stereocenters. The van der Waals surface area contributed by atoms with Crippen molar-refractivity contribution in [1.82, 2.24) is 9.21 Å². The quantitative estimate of drug-likeness (QED) is 0.769. The second kappa shape index (κ2) is 7.72. The van der Waals surface area contributed by atoms with Gasteiger partial charge in [-0.15, -0.1) is 0 Å². The summed E-state index contributed by atoms with van der Waals surface area (Å²) < 4.78 is 46.8. The molecule has 1 saturated carbocycles. The summed E-state index contributed by atoms with van der Waals surface area (Å²) in [5.41, 5.74) is -0.906. The van der Waals surface area contributed by atoms with Gasteiger partial charge in [0.05, 0.1) is 11.5 Å². The average molecular weight is 411 g/mol. The minimum absolute atomic E-state index is 0.0690. The molecule has 0 bridgehead atoms. The van der Waals surface area contributed by atoms with Gasteiger partial charge in [-0.25, -0.2) is 12.8 Å². The summed E-state index contributed by atoms with van der Waals surface area (Å²) in [6.45, 7) is 1.61. The smallest absolute Gasteiger partial charge is 0.245 e. The van der Waals surface area contributed by atoms with Crippen molar-refractivity contribution >= 4 is 15.9 Å². The third kappa shape index (κ3) is 3.57. The molecule has 2 heterocycles. The number of sulfonamides is 1. The first kappa shape index (κ1) is 19.8. The van der Waals surface area contributed by atoms with E-state index in [9.17, 15) is 17.6 Å². The second-order valence-corrected chi connectivity index (χ2v) is 9.85. The van der Waals surface area contributed by atoms with E-state index in [2.05, 4.69) is 0 Å². The van der Waals surface area contributed by atoms with Crippen molar-refractivity contribution in [3.63, 3.8) is 0 Å². The molecule has 4 rings (SSSR count). The van der Waals surface area contributed by atoms with Crippen LogP contribution in [0, 0.1) is 11.7 Å². The Labute approximate surface area is 165 Å². The van der Waals surface area contributed by atoms with Gasteiger partial charge in [0.1, 0.15) is 11.5 Å². The van der Waals surface area contributed by atoms with Gasteiger partial charge in [0, 0.05) is 38.4 Å². The first-order valence-corrected chi connectivity index (χ1v) is 11.6. The van der Waals surface area contributed by atoms with Crippen LogP contribution in [-0.4, -0.2) is 55.5 Å². The minimum atomic E-state index is -3.78. The third-order valence-corrected chi connectivity index (χ3v) is 8.30. The van der Waals surface area contributed by atoms with Crippen LogP contribution in [0.5, 0.6) is 0 Å². The molecule has 0 atom stereocenters. The standard InChI is InChI=1S/C20H27FN2O4S/c21-17-6-8-18(9-7-17)28(25,26)23-14-15-27-20(23)10-12-22(13-11-20)19(24)16-4-2-1-3-5-16/h6-9,16H,1-5,10-15H2. The number of ether oxygens (including phenoxy) is 1. The minimum Gasteiger partial charge on any atom is -0.358 e. The van der Waals surface area contributed by atoms with Gasteiger partial charge in [0.2, 0.25) is 15.9 Å². The van der Waals surface area contributed by atoms with Crippen molar-refractivity contribution in [3.05, 3.63) is 30.1 Å². The maximum atomic E-state index is 13.2. The van der Waals surface area contributed by atoms with E-state index < -0.39 is 21.6 Å². The number of hydrogen-bond acceptors (Lipinski definition) is 4. The van der Waals surface area contributed by atoms with Crippen LogP contribution in [0.3, 0.4) is 0 Å². The van der Waals surface area contributed by atoms with Crippen molar-refractivity contribution in [1.29, 1.82) is 0 Å². The first-order chi connectivity index (χ1) is 13.4. The predicted molar refractivity (Wildman–Crippen MR) is 101 cm³/mol. The lowest BCUT2D eigenvalue weighted by molar-refractivity contribution is -0.145. The zero-order valence-corrected chi connectivity index (χ0v) is 16.8. The normalized spacial score (nSPS) is 24.0. The maximum absolute atomic E-state index is 13.2. The predicted octanol–water partition coefficient (Wildman–Crippen LogP) is 2.75. The monoisotopic (exact) mass is 410 g/mol. The lowest BCUT2D eigenvalue weighted by atomic mass is 9.87. The number of halogens is 1. The van der Waals surface area contributed by atoms with Crippen LogP contribution in [0.2, 0.25) is 0 Å². The number of piperidine rings is 1. The Morgan fingerprint density at radius 3 is 2.32 bits per heavy atom. The molecule has 3 fully saturated rings. The molecular formula is C20H27FN2O4S. The van der Waals surface area contributed by atoms with E-state index in [-0.39, 0.29) is 23.3 Å². The Kier molecular flexibility index (Phi) is 5.46. The number of carbonyl (C=O) groups is 1. The molecule has 0 aromatic heterocycles. The Bertz CT molecular complexity index is 813. The highest BCUT2D eigenvalue weighted by atomic mass is 32.2. The number of amides is 1. The molecule has 3 aliphatic rings. The van der Waals surface area contributed by atoms with Gasteiger partial charge >= 0.3 is 0 Å². The van der Waals surface area contributed by atoms with Gasteiger partial charge in [-0.1, -0.05) is 19.3 Å². The fraction of sp³-hybridized carbons (Fsp3) is 0.650.